The Kier molecular flexibility index (Phi) is 6.49. The highest BCUT2D eigenvalue weighted by atomic mass is 19.1. The quantitative estimate of drug-likeness (QED) is 0.256. The molecule has 5 aromatic rings. The van der Waals surface area contributed by atoms with Crippen molar-refractivity contribution in [1.82, 2.24) is 20.3 Å². The Bertz CT molecular complexity index is 1720. The summed E-state index contributed by atoms with van der Waals surface area (Å²) in [5.74, 6) is 0.605. The van der Waals surface area contributed by atoms with Crippen LogP contribution in [0.4, 0.5) is 4.39 Å². The Morgan fingerprint density at radius 1 is 0.875 bits per heavy atom. The standard InChI is InChI=1S/C33H30FN5O/c34-26-7-3-6-24(17-26)32-29-20-31(37-30(29)11-12-35-32)33-28-19-23(9-10-25(28)21-36-38-33)22-5-4-8-27(18-22)40-16-15-39-13-1-2-14-39/h3-12,17-20,36-37H,1-2,13-16,21H2. The van der Waals surface area contributed by atoms with Gasteiger partial charge in [0.2, 0.25) is 0 Å². The van der Waals surface area contributed by atoms with Gasteiger partial charge in [-0.15, -0.1) is 0 Å². The number of benzene rings is 3. The van der Waals surface area contributed by atoms with E-state index in [4.69, 9.17) is 9.84 Å². The number of hydrogen-bond acceptors (Lipinski definition) is 5. The number of hydrazone groups is 1. The molecule has 6 nitrogen and oxygen atoms in total. The van der Waals surface area contributed by atoms with Crippen LogP contribution in [0, 0.1) is 5.82 Å². The first-order chi connectivity index (χ1) is 19.7. The first kappa shape index (κ1) is 24.5. The predicted molar refractivity (Wildman–Crippen MR) is 157 cm³/mol. The van der Waals surface area contributed by atoms with Crippen molar-refractivity contribution in [2.75, 3.05) is 26.2 Å². The number of pyridine rings is 1. The van der Waals surface area contributed by atoms with Gasteiger partial charge in [-0.25, -0.2) is 4.39 Å². The summed E-state index contributed by atoms with van der Waals surface area (Å²) < 4.78 is 20.1. The number of likely N-dealkylation sites (tertiary alicyclic amines) is 1. The minimum absolute atomic E-state index is 0.282. The van der Waals surface area contributed by atoms with E-state index in [0.717, 1.165) is 62.6 Å². The normalized spacial score (nSPS) is 15.1. The third-order valence-electron chi connectivity index (χ3n) is 7.77. The second kappa shape index (κ2) is 10.6. The molecule has 0 aliphatic carbocycles. The number of hydrogen-bond donors (Lipinski definition) is 2. The number of aromatic nitrogens is 2. The van der Waals surface area contributed by atoms with Gasteiger partial charge in [-0.2, -0.15) is 5.10 Å². The van der Waals surface area contributed by atoms with Gasteiger partial charge >= 0.3 is 0 Å². The highest BCUT2D eigenvalue weighted by Gasteiger charge is 2.20. The van der Waals surface area contributed by atoms with Gasteiger partial charge in [0.15, 0.2) is 0 Å². The Morgan fingerprint density at radius 3 is 2.62 bits per heavy atom. The second-order valence-corrected chi connectivity index (χ2v) is 10.4. The Balaban J connectivity index is 1.19. The van der Waals surface area contributed by atoms with Crippen molar-refractivity contribution in [2.24, 2.45) is 5.10 Å². The zero-order chi connectivity index (χ0) is 26.9. The van der Waals surface area contributed by atoms with E-state index in [1.165, 1.54) is 43.6 Å². The third-order valence-corrected chi connectivity index (χ3v) is 7.77. The van der Waals surface area contributed by atoms with E-state index in [1.807, 2.05) is 18.2 Å². The molecule has 2 aliphatic heterocycles. The molecule has 200 valence electrons. The van der Waals surface area contributed by atoms with E-state index < -0.39 is 0 Å². The molecule has 0 saturated carbocycles. The number of nitrogens with one attached hydrogen (secondary N) is 2. The van der Waals surface area contributed by atoms with E-state index in [-0.39, 0.29) is 5.82 Å². The zero-order valence-corrected chi connectivity index (χ0v) is 22.2. The van der Waals surface area contributed by atoms with Crippen LogP contribution in [-0.2, 0) is 6.54 Å². The molecular formula is C33H30FN5O. The Labute approximate surface area is 232 Å². The first-order valence-corrected chi connectivity index (χ1v) is 13.8. The number of nitrogens with zero attached hydrogens (tertiary/aromatic N) is 3. The minimum Gasteiger partial charge on any atom is -0.492 e. The number of rotatable bonds is 7. The van der Waals surface area contributed by atoms with Crippen molar-refractivity contribution in [3.63, 3.8) is 0 Å². The summed E-state index contributed by atoms with van der Waals surface area (Å²) in [6, 6.07) is 25.4. The summed E-state index contributed by atoms with van der Waals surface area (Å²) in [7, 11) is 0. The van der Waals surface area contributed by atoms with Gasteiger partial charge in [-0.1, -0.05) is 36.4 Å². The van der Waals surface area contributed by atoms with Gasteiger partial charge in [-0.05, 0) is 85.1 Å². The molecule has 7 rings (SSSR count). The highest BCUT2D eigenvalue weighted by molar-refractivity contribution is 6.16. The monoisotopic (exact) mass is 531 g/mol. The smallest absolute Gasteiger partial charge is 0.123 e. The van der Waals surface area contributed by atoms with Crippen LogP contribution in [0.1, 0.15) is 29.7 Å². The molecule has 7 heteroatoms. The average molecular weight is 532 g/mol. The third kappa shape index (κ3) is 4.84. The second-order valence-electron chi connectivity index (χ2n) is 10.4. The minimum atomic E-state index is -0.282. The fourth-order valence-corrected chi connectivity index (χ4v) is 5.71. The Morgan fingerprint density at radius 2 is 1.73 bits per heavy atom. The number of H-pyrrole nitrogens is 1. The van der Waals surface area contributed by atoms with Crippen molar-refractivity contribution in [3.8, 4) is 28.1 Å². The molecule has 4 heterocycles. The number of ether oxygens (including phenoxy) is 1. The summed E-state index contributed by atoms with van der Waals surface area (Å²) in [4.78, 5) is 10.5. The van der Waals surface area contributed by atoms with Crippen LogP contribution in [0.3, 0.4) is 0 Å². The maximum atomic E-state index is 14.0. The highest BCUT2D eigenvalue weighted by Crippen LogP contribution is 2.32. The average Bonchev–Trinajstić information content (AvgIpc) is 3.67. The van der Waals surface area contributed by atoms with Gasteiger partial charge in [0.1, 0.15) is 23.9 Å². The van der Waals surface area contributed by atoms with Crippen LogP contribution < -0.4 is 10.2 Å². The van der Waals surface area contributed by atoms with Gasteiger partial charge in [0.25, 0.3) is 0 Å². The fourth-order valence-electron chi connectivity index (χ4n) is 5.71. The predicted octanol–water partition coefficient (Wildman–Crippen LogP) is 6.37. The van der Waals surface area contributed by atoms with E-state index in [0.29, 0.717) is 13.2 Å². The number of aromatic amines is 1. The SMILES string of the molecule is Fc1cccc(-c2nccc3[nH]c(C4=NNCc5ccc(-c6cccc(OCCN7CCCC7)c6)cc54)cc23)c1. The molecule has 1 fully saturated rings. The maximum Gasteiger partial charge on any atom is 0.123 e. The molecule has 2 aromatic heterocycles. The first-order valence-electron chi connectivity index (χ1n) is 13.8. The molecule has 0 radical (unpaired) electrons. The number of halogens is 1. The molecule has 3 aromatic carbocycles. The van der Waals surface area contributed by atoms with E-state index >= 15 is 0 Å². The van der Waals surface area contributed by atoms with Gasteiger partial charge in [0, 0.05) is 34.8 Å². The summed E-state index contributed by atoms with van der Waals surface area (Å²) in [5.41, 5.74) is 11.8. The summed E-state index contributed by atoms with van der Waals surface area (Å²) in [5, 5.41) is 5.63. The van der Waals surface area contributed by atoms with E-state index in [1.54, 1.807) is 12.3 Å². The molecule has 0 spiro atoms. The zero-order valence-electron chi connectivity index (χ0n) is 22.2. The van der Waals surface area contributed by atoms with Crippen LogP contribution in [-0.4, -0.2) is 46.8 Å². The lowest BCUT2D eigenvalue weighted by molar-refractivity contribution is 0.238. The van der Waals surface area contributed by atoms with Crippen molar-refractivity contribution >= 4 is 16.6 Å². The largest absolute Gasteiger partial charge is 0.492 e. The van der Waals surface area contributed by atoms with E-state index in [9.17, 15) is 4.39 Å². The molecule has 0 unspecified atom stereocenters. The molecule has 2 N–H and O–H groups in total. The topological polar surface area (TPSA) is 65.5 Å². The molecule has 0 atom stereocenters. The maximum absolute atomic E-state index is 14.0. The van der Waals surface area contributed by atoms with Crippen LogP contribution in [0.2, 0.25) is 0 Å². The van der Waals surface area contributed by atoms with Crippen molar-refractivity contribution in [3.05, 3.63) is 108 Å². The molecule has 1 saturated heterocycles. The van der Waals surface area contributed by atoms with Gasteiger partial charge in [-0.3, -0.25) is 9.88 Å². The summed E-state index contributed by atoms with van der Waals surface area (Å²) in [6.07, 6.45) is 4.33. The van der Waals surface area contributed by atoms with Crippen LogP contribution in [0.15, 0.2) is 90.2 Å². The van der Waals surface area contributed by atoms with Crippen LogP contribution >= 0.6 is 0 Å². The lowest BCUT2D eigenvalue weighted by atomic mass is 9.94. The molecule has 0 amide bonds. The molecular weight excluding hydrogens is 501 g/mol. The van der Waals surface area contributed by atoms with Crippen molar-refractivity contribution < 1.29 is 9.13 Å². The molecule has 0 bridgehead atoms. The van der Waals surface area contributed by atoms with E-state index in [2.05, 4.69) is 62.8 Å². The number of fused-ring (bicyclic) bond motifs is 2. The lowest BCUT2D eigenvalue weighted by Gasteiger charge is -2.19. The fraction of sp³-hybridized carbons (Fsp3) is 0.212. The van der Waals surface area contributed by atoms with Crippen molar-refractivity contribution in [1.29, 1.82) is 0 Å². The molecule has 2 aliphatic rings. The Hall–Kier alpha value is -4.49. The van der Waals surface area contributed by atoms with Crippen LogP contribution in [0.5, 0.6) is 5.75 Å². The van der Waals surface area contributed by atoms with Crippen LogP contribution in [0.25, 0.3) is 33.3 Å². The van der Waals surface area contributed by atoms with Gasteiger partial charge in [0.05, 0.1) is 17.9 Å². The van der Waals surface area contributed by atoms with Crippen molar-refractivity contribution in [2.45, 2.75) is 19.4 Å². The summed E-state index contributed by atoms with van der Waals surface area (Å²) in [6.45, 7) is 4.68. The summed E-state index contributed by atoms with van der Waals surface area (Å²) >= 11 is 0. The molecule has 40 heavy (non-hydrogen) atoms. The van der Waals surface area contributed by atoms with Gasteiger partial charge < -0.3 is 15.1 Å². The lowest BCUT2D eigenvalue weighted by Crippen LogP contribution is -2.25.